The summed E-state index contributed by atoms with van der Waals surface area (Å²) in [6.07, 6.45) is 0.394. The van der Waals surface area contributed by atoms with E-state index in [4.69, 9.17) is 23.7 Å². The summed E-state index contributed by atoms with van der Waals surface area (Å²) < 4.78 is 27.2. The van der Waals surface area contributed by atoms with Crippen LogP contribution in [0, 0.1) is 0 Å². The monoisotopic (exact) mass is 535 g/mol. The van der Waals surface area contributed by atoms with E-state index in [9.17, 15) is 19.2 Å². The van der Waals surface area contributed by atoms with Crippen LogP contribution in [0.3, 0.4) is 0 Å². The van der Waals surface area contributed by atoms with E-state index < -0.39 is 29.7 Å². The van der Waals surface area contributed by atoms with Crippen molar-refractivity contribution in [2.24, 2.45) is 0 Å². The van der Waals surface area contributed by atoms with Crippen LogP contribution in [0.15, 0.2) is 18.2 Å². The van der Waals surface area contributed by atoms with Gasteiger partial charge in [-0.2, -0.15) is 0 Å². The van der Waals surface area contributed by atoms with Crippen LogP contribution < -0.4 is 10.6 Å². The van der Waals surface area contributed by atoms with Gasteiger partial charge in [0.1, 0.15) is 6.04 Å². The van der Waals surface area contributed by atoms with E-state index in [-0.39, 0.29) is 30.1 Å². The highest BCUT2D eigenvalue weighted by molar-refractivity contribution is 6.25. The van der Waals surface area contributed by atoms with E-state index in [1.165, 1.54) is 0 Å². The van der Waals surface area contributed by atoms with Gasteiger partial charge >= 0.3 is 0 Å². The zero-order chi connectivity index (χ0) is 27.3. The molecule has 38 heavy (non-hydrogen) atoms. The number of imide groups is 2. The van der Waals surface area contributed by atoms with Gasteiger partial charge in [-0.3, -0.25) is 29.4 Å². The number of fused-ring (bicyclic) bond motifs is 1. The Hall–Kier alpha value is -2.90. The van der Waals surface area contributed by atoms with Crippen molar-refractivity contribution < 1.29 is 42.9 Å². The average molecular weight is 536 g/mol. The molecule has 0 aromatic heterocycles. The second-order valence-electron chi connectivity index (χ2n) is 8.97. The summed E-state index contributed by atoms with van der Waals surface area (Å²) >= 11 is 0. The first-order chi connectivity index (χ1) is 18.4. The third kappa shape index (κ3) is 8.57. The number of hydrogen-bond acceptors (Lipinski definition) is 10. The lowest BCUT2D eigenvalue weighted by Gasteiger charge is -2.27. The van der Waals surface area contributed by atoms with E-state index in [0.717, 1.165) is 4.90 Å². The average Bonchev–Trinajstić information content (AvgIpc) is 3.14. The summed E-state index contributed by atoms with van der Waals surface area (Å²) in [5.74, 6) is -2.13. The quantitative estimate of drug-likeness (QED) is 0.206. The predicted octanol–water partition coefficient (Wildman–Crippen LogP) is 0.991. The van der Waals surface area contributed by atoms with Gasteiger partial charge in [0.25, 0.3) is 11.8 Å². The summed E-state index contributed by atoms with van der Waals surface area (Å²) in [6, 6.07) is 3.93. The number of hydrogen-bond donors (Lipinski definition) is 2. The number of nitrogens with zero attached hydrogens (tertiary/aromatic N) is 1. The molecule has 2 N–H and O–H groups in total. The molecule has 2 heterocycles. The van der Waals surface area contributed by atoms with Crippen molar-refractivity contribution in [2.45, 2.75) is 38.8 Å². The first kappa shape index (κ1) is 29.7. The topological polar surface area (TPSA) is 142 Å². The molecule has 1 atom stereocenters. The van der Waals surface area contributed by atoms with Crippen LogP contribution in [0.2, 0.25) is 0 Å². The van der Waals surface area contributed by atoms with Crippen molar-refractivity contribution in [1.82, 2.24) is 10.2 Å². The smallest absolute Gasteiger partial charge is 0.264 e. The highest BCUT2D eigenvalue weighted by Crippen LogP contribution is 2.32. The van der Waals surface area contributed by atoms with E-state index >= 15 is 0 Å². The first-order valence-electron chi connectivity index (χ1n) is 12.9. The van der Waals surface area contributed by atoms with Crippen LogP contribution in [0.1, 0.15) is 47.4 Å². The number of rotatable bonds is 18. The lowest BCUT2D eigenvalue weighted by Crippen LogP contribution is -2.54. The minimum absolute atomic E-state index is 0.0762. The second kappa shape index (κ2) is 15.5. The number of amides is 4. The van der Waals surface area contributed by atoms with Crippen molar-refractivity contribution in [3.8, 4) is 0 Å². The Labute approximate surface area is 222 Å². The molecular weight excluding hydrogens is 498 g/mol. The van der Waals surface area contributed by atoms with Crippen molar-refractivity contribution >= 4 is 29.3 Å². The molecule has 0 saturated carbocycles. The molecule has 0 bridgehead atoms. The number of ether oxygens (including phenoxy) is 5. The third-order valence-corrected chi connectivity index (χ3v) is 5.82. The fourth-order valence-corrected chi connectivity index (χ4v) is 4.02. The van der Waals surface area contributed by atoms with Gasteiger partial charge in [0.05, 0.1) is 76.7 Å². The lowest BCUT2D eigenvalue weighted by molar-refractivity contribution is -0.136. The van der Waals surface area contributed by atoms with Crippen LogP contribution in [0.25, 0.3) is 0 Å². The Morgan fingerprint density at radius 3 is 2.08 bits per heavy atom. The van der Waals surface area contributed by atoms with Gasteiger partial charge < -0.3 is 29.0 Å². The Bertz CT molecular complexity index is 969. The fraction of sp³-hybridized carbons (Fsp3) is 0.615. The summed E-state index contributed by atoms with van der Waals surface area (Å²) in [6.45, 7) is 8.59. The highest BCUT2D eigenvalue weighted by Gasteiger charge is 2.45. The van der Waals surface area contributed by atoms with Gasteiger partial charge in [0.2, 0.25) is 11.8 Å². The molecule has 1 saturated heterocycles. The number of piperidine rings is 1. The molecule has 2 aliphatic rings. The van der Waals surface area contributed by atoms with E-state index in [0.29, 0.717) is 71.7 Å². The minimum Gasteiger partial charge on any atom is -0.382 e. The maximum absolute atomic E-state index is 13.1. The van der Waals surface area contributed by atoms with Crippen LogP contribution >= 0.6 is 0 Å². The molecule has 2 aliphatic heterocycles. The maximum Gasteiger partial charge on any atom is 0.264 e. The molecule has 4 amide bonds. The molecule has 0 spiro atoms. The van der Waals surface area contributed by atoms with Gasteiger partial charge in [-0.05, 0) is 32.4 Å². The summed E-state index contributed by atoms with van der Waals surface area (Å²) in [5.41, 5.74) is 0.942. The molecule has 0 radical (unpaired) electrons. The molecular formula is C26H37N3O9. The normalized spacial score (nSPS) is 17.3. The van der Waals surface area contributed by atoms with Gasteiger partial charge in [-0.15, -0.1) is 0 Å². The zero-order valence-electron chi connectivity index (χ0n) is 22.0. The van der Waals surface area contributed by atoms with Crippen LogP contribution in [0.5, 0.6) is 0 Å². The number of carbonyl (C=O) groups is 4. The van der Waals surface area contributed by atoms with Gasteiger partial charge in [-0.25, -0.2) is 0 Å². The molecule has 1 aromatic rings. The van der Waals surface area contributed by atoms with Crippen molar-refractivity contribution in [2.75, 3.05) is 71.3 Å². The van der Waals surface area contributed by atoms with Crippen molar-refractivity contribution in [3.05, 3.63) is 29.3 Å². The number of benzene rings is 1. The highest BCUT2D eigenvalue weighted by atomic mass is 16.6. The Balaban J connectivity index is 1.27. The van der Waals surface area contributed by atoms with E-state index in [2.05, 4.69) is 10.6 Å². The maximum atomic E-state index is 13.1. The summed E-state index contributed by atoms with van der Waals surface area (Å²) in [5, 5.41) is 5.32. The minimum atomic E-state index is -0.996. The summed E-state index contributed by atoms with van der Waals surface area (Å²) in [7, 11) is 0. The molecule has 3 rings (SSSR count). The molecule has 12 heteroatoms. The van der Waals surface area contributed by atoms with Crippen molar-refractivity contribution in [1.29, 1.82) is 0 Å². The standard InChI is InChI=1S/C26H37N3O9/c1-18(2)38-17-16-37-15-14-36-13-12-35-11-10-34-9-8-27-20-5-3-4-19-23(20)26(33)29(25(19)32)21-6-7-22(30)28-24(21)31/h3-5,18,21,27H,6-17H2,1-2H3,(H,28,30,31). The molecule has 12 nitrogen and oxygen atoms in total. The Morgan fingerprint density at radius 1 is 0.868 bits per heavy atom. The SMILES string of the molecule is CC(C)OCCOCCOCCOCCOCCNc1cccc2c1C(=O)N(C1CCC(=O)NC1=O)C2=O. The third-order valence-electron chi connectivity index (χ3n) is 5.82. The van der Waals surface area contributed by atoms with Gasteiger partial charge in [0.15, 0.2) is 0 Å². The van der Waals surface area contributed by atoms with E-state index in [1.54, 1.807) is 18.2 Å². The Kier molecular flexibility index (Phi) is 12.1. The molecule has 0 aliphatic carbocycles. The van der Waals surface area contributed by atoms with Crippen molar-refractivity contribution in [3.63, 3.8) is 0 Å². The second-order valence-corrected chi connectivity index (χ2v) is 8.97. The molecule has 1 aromatic carbocycles. The predicted molar refractivity (Wildman–Crippen MR) is 136 cm³/mol. The van der Waals surface area contributed by atoms with E-state index in [1.807, 2.05) is 13.8 Å². The molecule has 210 valence electrons. The first-order valence-corrected chi connectivity index (χ1v) is 12.9. The summed E-state index contributed by atoms with van der Waals surface area (Å²) in [4.78, 5) is 50.6. The lowest BCUT2D eigenvalue weighted by atomic mass is 10.0. The molecule has 1 fully saturated rings. The van der Waals surface area contributed by atoms with Crippen LogP contribution in [-0.4, -0.2) is 107 Å². The van der Waals surface area contributed by atoms with Gasteiger partial charge in [-0.1, -0.05) is 6.07 Å². The van der Waals surface area contributed by atoms with Gasteiger partial charge in [0, 0.05) is 18.7 Å². The van der Waals surface area contributed by atoms with Crippen LogP contribution in [0.4, 0.5) is 5.69 Å². The number of anilines is 1. The fourth-order valence-electron chi connectivity index (χ4n) is 4.02. The van der Waals surface area contributed by atoms with Crippen LogP contribution in [-0.2, 0) is 33.3 Å². The largest absolute Gasteiger partial charge is 0.382 e. The molecule has 1 unspecified atom stereocenters. The Morgan fingerprint density at radius 2 is 1.47 bits per heavy atom. The number of carbonyl (C=O) groups excluding carboxylic acids is 4. The number of nitrogens with one attached hydrogen (secondary N) is 2. The zero-order valence-corrected chi connectivity index (χ0v) is 22.0.